The van der Waals surface area contributed by atoms with Gasteiger partial charge in [-0.1, -0.05) is 0 Å². The minimum absolute atomic E-state index is 0.236. The number of imidazole rings is 1. The highest BCUT2D eigenvalue weighted by Crippen LogP contribution is 1.89. The summed E-state index contributed by atoms with van der Waals surface area (Å²) in [6.07, 6.45) is 3.32. The molecule has 0 bridgehead atoms. The number of amides is 1. The Labute approximate surface area is 52.1 Å². The van der Waals surface area contributed by atoms with Crippen molar-refractivity contribution in [2.45, 2.75) is 6.42 Å². The Morgan fingerprint density at radius 2 is 2.67 bits per heavy atom. The summed E-state index contributed by atoms with van der Waals surface area (Å²) < 4.78 is 0. The van der Waals surface area contributed by atoms with Crippen LogP contribution >= 0.6 is 0 Å². The topological polar surface area (TPSA) is 71.8 Å². The molecule has 0 unspecified atom stereocenters. The first kappa shape index (κ1) is 5.81. The average molecular weight is 125 g/mol. The summed E-state index contributed by atoms with van der Waals surface area (Å²) in [6.45, 7) is 0. The molecular formula is C5H7N3O. The molecule has 1 rings (SSSR count). The number of carbonyl (C=O) groups excluding carboxylic acids is 1. The third kappa shape index (κ3) is 1.56. The van der Waals surface area contributed by atoms with Crippen LogP contribution in [0.1, 0.15) is 5.69 Å². The molecule has 3 N–H and O–H groups in total. The Morgan fingerprint density at radius 3 is 3.11 bits per heavy atom. The van der Waals surface area contributed by atoms with E-state index in [4.69, 9.17) is 5.73 Å². The molecule has 1 heterocycles. The number of H-pyrrole nitrogens is 1. The van der Waals surface area contributed by atoms with Gasteiger partial charge in [-0.25, -0.2) is 4.98 Å². The maximum Gasteiger partial charge on any atom is 0.223 e. The van der Waals surface area contributed by atoms with Crippen LogP contribution in [0, 0.1) is 0 Å². The third-order valence-electron chi connectivity index (χ3n) is 0.920. The second-order valence-electron chi connectivity index (χ2n) is 1.72. The van der Waals surface area contributed by atoms with E-state index in [0.29, 0.717) is 0 Å². The van der Waals surface area contributed by atoms with Gasteiger partial charge in [-0.05, 0) is 0 Å². The first-order valence-electron chi connectivity index (χ1n) is 2.54. The molecule has 0 aliphatic heterocycles. The molecule has 0 saturated heterocycles. The number of primary amides is 1. The van der Waals surface area contributed by atoms with Gasteiger partial charge in [0.25, 0.3) is 0 Å². The maximum absolute atomic E-state index is 10.2. The molecule has 0 aliphatic rings. The highest BCUT2D eigenvalue weighted by atomic mass is 16.1. The Kier molecular flexibility index (Phi) is 1.48. The normalized spacial score (nSPS) is 9.33. The molecule has 1 aromatic rings. The number of nitrogens with zero attached hydrogens (tertiary/aromatic N) is 1. The SMILES string of the molecule is NC(=O)Cc1cnc[nH]1. The van der Waals surface area contributed by atoms with Crippen molar-refractivity contribution in [3.8, 4) is 0 Å². The molecule has 0 saturated carbocycles. The van der Waals surface area contributed by atoms with Gasteiger partial charge in [-0.2, -0.15) is 0 Å². The molecule has 0 aromatic carbocycles. The van der Waals surface area contributed by atoms with Crippen LogP contribution in [0.2, 0.25) is 0 Å². The smallest absolute Gasteiger partial charge is 0.223 e. The molecule has 0 aliphatic carbocycles. The van der Waals surface area contributed by atoms with Crippen LogP contribution in [-0.4, -0.2) is 15.9 Å². The van der Waals surface area contributed by atoms with E-state index in [2.05, 4.69) is 9.97 Å². The Hall–Kier alpha value is -1.32. The third-order valence-corrected chi connectivity index (χ3v) is 0.920. The van der Waals surface area contributed by atoms with Gasteiger partial charge in [0, 0.05) is 11.9 Å². The van der Waals surface area contributed by atoms with Crippen molar-refractivity contribution < 1.29 is 4.79 Å². The Morgan fingerprint density at radius 1 is 1.89 bits per heavy atom. The molecular weight excluding hydrogens is 118 g/mol. The number of nitrogens with one attached hydrogen (secondary N) is 1. The fraction of sp³-hybridized carbons (Fsp3) is 0.200. The highest BCUT2D eigenvalue weighted by Gasteiger charge is 1.96. The van der Waals surface area contributed by atoms with E-state index in [1.165, 1.54) is 6.33 Å². The number of rotatable bonds is 2. The number of aromatic nitrogens is 2. The van der Waals surface area contributed by atoms with Crippen LogP contribution in [0.4, 0.5) is 0 Å². The number of nitrogens with two attached hydrogens (primary N) is 1. The van der Waals surface area contributed by atoms with E-state index in [0.717, 1.165) is 5.69 Å². The van der Waals surface area contributed by atoms with Gasteiger partial charge in [0.15, 0.2) is 0 Å². The fourth-order valence-corrected chi connectivity index (χ4v) is 0.569. The van der Waals surface area contributed by atoms with E-state index in [9.17, 15) is 4.79 Å². The van der Waals surface area contributed by atoms with Gasteiger partial charge < -0.3 is 10.7 Å². The number of hydrogen-bond acceptors (Lipinski definition) is 2. The fourth-order valence-electron chi connectivity index (χ4n) is 0.569. The maximum atomic E-state index is 10.2. The second-order valence-corrected chi connectivity index (χ2v) is 1.72. The molecule has 4 nitrogen and oxygen atoms in total. The molecule has 9 heavy (non-hydrogen) atoms. The minimum atomic E-state index is -0.348. The van der Waals surface area contributed by atoms with Crippen molar-refractivity contribution in [1.29, 1.82) is 0 Å². The predicted octanol–water partition coefficient (Wildman–Crippen LogP) is -0.563. The van der Waals surface area contributed by atoms with E-state index in [-0.39, 0.29) is 12.3 Å². The quantitative estimate of drug-likeness (QED) is 0.556. The van der Waals surface area contributed by atoms with Gasteiger partial charge >= 0.3 is 0 Å². The van der Waals surface area contributed by atoms with Crippen LogP contribution < -0.4 is 5.73 Å². The number of aromatic amines is 1. The Balaban J connectivity index is 2.58. The van der Waals surface area contributed by atoms with Crippen molar-refractivity contribution in [2.75, 3.05) is 0 Å². The van der Waals surface area contributed by atoms with E-state index < -0.39 is 0 Å². The molecule has 1 aromatic heterocycles. The van der Waals surface area contributed by atoms with Crippen LogP contribution in [-0.2, 0) is 11.2 Å². The van der Waals surface area contributed by atoms with Gasteiger partial charge in [-0.3, -0.25) is 4.79 Å². The van der Waals surface area contributed by atoms with Gasteiger partial charge in [0.1, 0.15) is 0 Å². The van der Waals surface area contributed by atoms with Crippen LogP contribution in [0.3, 0.4) is 0 Å². The highest BCUT2D eigenvalue weighted by molar-refractivity contribution is 5.75. The lowest BCUT2D eigenvalue weighted by molar-refractivity contribution is -0.117. The molecule has 48 valence electrons. The summed E-state index contributed by atoms with van der Waals surface area (Å²) in [6, 6.07) is 0. The van der Waals surface area contributed by atoms with Gasteiger partial charge in [0.05, 0.1) is 12.7 Å². The zero-order valence-electron chi connectivity index (χ0n) is 4.79. The summed E-state index contributed by atoms with van der Waals surface area (Å²) in [4.78, 5) is 16.7. The summed E-state index contributed by atoms with van der Waals surface area (Å²) in [5.74, 6) is -0.348. The molecule has 0 atom stereocenters. The molecule has 0 spiro atoms. The van der Waals surface area contributed by atoms with Crippen LogP contribution in [0.5, 0.6) is 0 Å². The largest absolute Gasteiger partial charge is 0.369 e. The van der Waals surface area contributed by atoms with Crippen molar-refractivity contribution in [1.82, 2.24) is 9.97 Å². The van der Waals surface area contributed by atoms with Crippen LogP contribution in [0.15, 0.2) is 12.5 Å². The summed E-state index contributed by atoms with van der Waals surface area (Å²) in [5, 5.41) is 0. The lowest BCUT2D eigenvalue weighted by Crippen LogP contribution is -2.13. The number of carbonyl (C=O) groups is 1. The Bertz CT molecular complexity index is 192. The van der Waals surface area contributed by atoms with Crippen molar-refractivity contribution in [3.63, 3.8) is 0 Å². The zero-order chi connectivity index (χ0) is 6.69. The molecule has 1 amide bonds. The minimum Gasteiger partial charge on any atom is -0.369 e. The summed E-state index contributed by atoms with van der Waals surface area (Å²) in [5.41, 5.74) is 5.65. The van der Waals surface area contributed by atoms with Crippen molar-refractivity contribution in [2.24, 2.45) is 5.73 Å². The van der Waals surface area contributed by atoms with Gasteiger partial charge in [0.2, 0.25) is 5.91 Å². The zero-order valence-corrected chi connectivity index (χ0v) is 4.79. The van der Waals surface area contributed by atoms with Crippen molar-refractivity contribution >= 4 is 5.91 Å². The van der Waals surface area contributed by atoms with Crippen molar-refractivity contribution in [3.05, 3.63) is 18.2 Å². The lowest BCUT2D eigenvalue weighted by Gasteiger charge is -1.86. The summed E-state index contributed by atoms with van der Waals surface area (Å²) in [7, 11) is 0. The molecule has 4 heteroatoms. The van der Waals surface area contributed by atoms with E-state index in [1.54, 1.807) is 6.20 Å². The molecule has 0 fully saturated rings. The monoisotopic (exact) mass is 125 g/mol. The van der Waals surface area contributed by atoms with E-state index in [1.807, 2.05) is 0 Å². The van der Waals surface area contributed by atoms with E-state index >= 15 is 0 Å². The lowest BCUT2D eigenvalue weighted by atomic mass is 10.3. The van der Waals surface area contributed by atoms with Gasteiger partial charge in [-0.15, -0.1) is 0 Å². The first-order chi connectivity index (χ1) is 4.29. The standard InChI is InChI=1S/C5H7N3O/c6-5(9)1-4-2-7-3-8-4/h2-3H,1H2,(H2,6,9)(H,7,8). The average Bonchev–Trinajstić information content (AvgIpc) is 2.15. The number of hydrogen-bond donors (Lipinski definition) is 2. The second kappa shape index (κ2) is 2.30. The van der Waals surface area contributed by atoms with Crippen LogP contribution in [0.25, 0.3) is 0 Å². The molecule has 0 radical (unpaired) electrons. The predicted molar refractivity (Wildman–Crippen MR) is 31.5 cm³/mol. The first-order valence-corrected chi connectivity index (χ1v) is 2.54. The summed E-state index contributed by atoms with van der Waals surface area (Å²) >= 11 is 0.